The molecular weight excluding hydrogens is 298 g/mol. The SMILES string of the molecule is Cc1nccn1C1CCCN(C(=O)C2CCCc3ccccc32)C1. The van der Waals surface area contributed by atoms with Gasteiger partial charge in [0.25, 0.3) is 0 Å². The molecule has 1 saturated heterocycles. The maximum atomic E-state index is 13.2. The monoisotopic (exact) mass is 323 g/mol. The van der Waals surface area contributed by atoms with E-state index in [2.05, 4.69) is 38.7 Å². The Balaban J connectivity index is 1.54. The lowest BCUT2D eigenvalue weighted by Crippen LogP contribution is -2.43. The molecule has 2 aromatic rings. The van der Waals surface area contributed by atoms with Gasteiger partial charge in [-0.1, -0.05) is 24.3 Å². The Hall–Kier alpha value is -2.10. The Labute approximate surface area is 143 Å². The molecule has 1 aliphatic carbocycles. The molecule has 2 heterocycles. The van der Waals surface area contributed by atoms with Crippen molar-refractivity contribution in [2.24, 2.45) is 0 Å². The summed E-state index contributed by atoms with van der Waals surface area (Å²) >= 11 is 0. The number of amides is 1. The first-order chi connectivity index (χ1) is 11.7. The number of benzene rings is 1. The van der Waals surface area contributed by atoms with Gasteiger partial charge < -0.3 is 9.47 Å². The van der Waals surface area contributed by atoms with Crippen LogP contribution in [0.5, 0.6) is 0 Å². The summed E-state index contributed by atoms with van der Waals surface area (Å²) in [6.07, 6.45) is 9.31. The minimum absolute atomic E-state index is 0.0533. The molecule has 0 bridgehead atoms. The van der Waals surface area contributed by atoms with E-state index in [1.165, 1.54) is 11.1 Å². The lowest BCUT2D eigenvalue weighted by molar-refractivity contribution is -0.134. The van der Waals surface area contributed by atoms with Gasteiger partial charge in [-0.15, -0.1) is 0 Å². The van der Waals surface area contributed by atoms with Crippen molar-refractivity contribution in [2.45, 2.75) is 51.0 Å². The van der Waals surface area contributed by atoms with Gasteiger partial charge in [-0.05, 0) is 50.2 Å². The van der Waals surface area contributed by atoms with Crippen molar-refractivity contribution >= 4 is 5.91 Å². The maximum Gasteiger partial charge on any atom is 0.230 e. The summed E-state index contributed by atoms with van der Waals surface area (Å²) in [5.41, 5.74) is 2.62. The smallest absolute Gasteiger partial charge is 0.230 e. The van der Waals surface area contributed by atoms with Crippen LogP contribution >= 0.6 is 0 Å². The molecule has 4 rings (SSSR count). The first-order valence-electron chi connectivity index (χ1n) is 9.10. The van der Waals surface area contributed by atoms with E-state index in [1.54, 1.807) is 0 Å². The number of imidazole rings is 1. The van der Waals surface area contributed by atoms with Crippen LogP contribution in [0.2, 0.25) is 0 Å². The number of hydrogen-bond donors (Lipinski definition) is 0. The number of carbonyl (C=O) groups is 1. The van der Waals surface area contributed by atoms with E-state index in [0.29, 0.717) is 11.9 Å². The minimum atomic E-state index is 0.0533. The van der Waals surface area contributed by atoms with Crippen LogP contribution < -0.4 is 0 Å². The van der Waals surface area contributed by atoms with Crippen LogP contribution in [0.15, 0.2) is 36.7 Å². The summed E-state index contributed by atoms with van der Waals surface area (Å²) < 4.78 is 2.23. The van der Waals surface area contributed by atoms with Crippen LogP contribution in [0, 0.1) is 6.92 Å². The fraction of sp³-hybridized carbons (Fsp3) is 0.500. The van der Waals surface area contributed by atoms with Crippen LogP contribution in [0.25, 0.3) is 0 Å². The van der Waals surface area contributed by atoms with Gasteiger partial charge in [-0.25, -0.2) is 4.98 Å². The second-order valence-corrected chi connectivity index (χ2v) is 7.11. The second-order valence-electron chi connectivity index (χ2n) is 7.11. The minimum Gasteiger partial charge on any atom is -0.340 e. The molecule has 0 saturated carbocycles. The molecule has 0 spiro atoms. The maximum absolute atomic E-state index is 13.2. The predicted octanol–water partition coefficient (Wildman–Crippen LogP) is 3.48. The number of rotatable bonds is 2. The zero-order chi connectivity index (χ0) is 16.5. The molecule has 1 fully saturated rings. The number of likely N-dealkylation sites (tertiary alicyclic amines) is 1. The number of hydrogen-bond acceptors (Lipinski definition) is 2. The molecular formula is C20H25N3O. The Bertz CT molecular complexity index is 736. The Morgan fingerprint density at radius 3 is 2.92 bits per heavy atom. The molecule has 2 aliphatic rings. The highest BCUT2D eigenvalue weighted by Crippen LogP contribution is 2.34. The third kappa shape index (κ3) is 2.74. The Morgan fingerprint density at radius 2 is 2.08 bits per heavy atom. The van der Waals surface area contributed by atoms with Crippen LogP contribution in [0.4, 0.5) is 0 Å². The van der Waals surface area contributed by atoms with Gasteiger partial charge in [-0.3, -0.25) is 4.79 Å². The number of carbonyl (C=O) groups excluding carboxylic acids is 1. The molecule has 126 valence electrons. The van der Waals surface area contributed by atoms with Crippen molar-refractivity contribution in [1.29, 1.82) is 0 Å². The third-order valence-electron chi connectivity index (χ3n) is 5.63. The van der Waals surface area contributed by atoms with Crippen molar-refractivity contribution < 1.29 is 4.79 Å². The van der Waals surface area contributed by atoms with E-state index < -0.39 is 0 Å². The van der Waals surface area contributed by atoms with Crippen molar-refractivity contribution in [3.05, 3.63) is 53.6 Å². The fourth-order valence-corrected chi connectivity index (χ4v) is 4.39. The molecule has 4 nitrogen and oxygen atoms in total. The summed E-state index contributed by atoms with van der Waals surface area (Å²) in [7, 11) is 0. The van der Waals surface area contributed by atoms with Crippen LogP contribution in [-0.4, -0.2) is 33.4 Å². The van der Waals surface area contributed by atoms with Crippen LogP contribution in [0.1, 0.15) is 54.6 Å². The molecule has 2 atom stereocenters. The summed E-state index contributed by atoms with van der Waals surface area (Å²) in [5, 5.41) is 0. The van der Waals surface area contributed by atoms with Gasteiger partial charge in [0.15, 0.2) is 0 Å². The standard InChI is InChI=1S/C20H25N3O/c1-15-21-11-13-23(15)17-8-5-12-22(14-17)20(24)19-10-4-7-16-6-2-3-9-18(16)19/h2-3,6,9,11,13,17,19H,4-5,7-8,10,12,14H2,1H3. The zero-order valence-corrected chi connectivity index (χ0v) is 14.3. The molecule has 0 N–H and O–H groups in total. The molecule has 1 aromatic heterocycles. The van der Waals surface area contributed by atoms with Gasteiger partial charge >= 0.3 is 0 Å². The number of nitrogens with zero attached hydrogens (tertiary/aromatic N) is 3. The largest absolute Gasteiger partial charge is 0.340 e. The molecule has 0 radical (unpaired) electrons. The van der Waals surface area contributed by atoms with Crippen molar-refractivity contribution in [2.75, 3.05) is 13.1 Å². The highest BCUT2D eigenvalue weighted by molar-refractivity contribution is 5.84. The van der Waals surface area contributed by atoms with E-state index in [9.17, 15) is 4.79 Å². The lowest BCUT2D eigenvalue weighted by Gasteiger charge is -2.37. The molecule has 1 aliphatic heterocycles. The normalized spacial score (nSPS) is 23.8. The summed E-state index contributed by atoms with van der Waals surface area (Å²) in [5.74, 6) is 1.42. The topological polar surface area (TPSA) is 38.1 Å². The van der Waals surface area contributed by atoms with Crippen molar-refractivity contribution in [3.63, 3.8) is 0 Å². The second kappa shape index (κ2) is 6.42. The first-order valence-corrected chi connectivity index (χ1v) is 9.10. The molecule has 24 heavy (non-hydrogen) atoms. The molecule has 4 heteroatoms. The van der Waals surface area contributed by atoms with Crippen LogP contribution in [-0.2, 0) is 11.2 Å². The van der Waals surface area contributed by atoms with E-state index >= 15 is 0 Å². The summed E-state index contributed by atoms with van der Waals surface area (Å²) in [6, 6.07) is 8.85. The van der Waals surface area contributed by atoms with Gasteiger partial charge in [0.2, 0.25) is 5.91 Å². The summed E-state index contributed by atoms with van der Waals surface area (Å²) in [4.78, 5) is 19.7. The van der Waals surface area contributed by atoms with Gasteiger partial charge in [0, 0.05) is 25.5 Å². The average Bonchev–Trinajstić information content (AvgIpc) is 3.07. The number of fused-ring (bicyclic) bond motifs is 1. The Morgan fingerprint density at radius 1 is 1.21 bits per heavy atom. The van der Waals surface area contributed by atoms with Crippen LogP contribution in [0.3, 0.4) is 0 Å². The van der Waals surface area contributed by atoms with Gasteiger partial charge in [0.05, 0.1) is 12.0 Å². The predicted molar refractivity (Wildman–Crippen MR) is 93.9 cm³/mol. The first kappa shape index (κ1) is 15.4. The lowest BCUT2D eigenvalue weighted by atomic mass is 9.81. The quantitative estimate of drug-likeness (QED) is 0.849. The zero-order valence-electron chi connectivity index (χ0n) is 14.3. The van der Waals surface area contributed by atoms with E-state index in [-0.39, 0.29) is 5.92 Å². The van der Waals surface area contributed by atoms with Gasteiger partial charge in [-0.2, -0.15) is 0 Å². The van der Waals surface area contributed by atoms with E-state index in [0.717, 1.165) is 51.0 Å². The average molecular weight is 323 g/mol. The highest BCUT2D eigenvalue weighted by atomic mass is 16.2. The molecule has 2 unspecified atom stereocenters. The summed E-state index contributed by atoms with van der Waals surface area (Å²) in [6.45, 7) is 3.74. The molecule has 1 amide bonds. The third-order valence-corrected chi connectivity index (χ3v) is 5.63. The Kier molecular flexibility index (Phi) is 4.13. The van der Waals surface area contributed by atoms with Crippen molar-refractivity contribution in [3.8, 4) is 0 Å². The fourth-order valence-electron chi connectivity index (χ4n) is 4.39. The van der Waals surface area contributed by atoms with E-state index in [4.69, 9.17) is 0 Å². The number of piperidine rings is 1. The van der Waals surface area contributed by atoms with E-state index in [1.807, 2.05) is 19.3 Å². The number of aryl methyl sites for hydroxylation is 2. The van der Waals surface area contributed by atoms with Crippen molar-refractivity contribution in [1.82, 2.24) is 14.5 Å². The van der Waals surface area contributed by atoms with Gasteiger partial charge in [0.1, 0.15) is 5.82 Å². The highest BCUT2D eigenvalue weighted by Gasteiger charge is 2.32. The number of aromatic nitrogens is 2. The molecule has 1 aromatic carbocycles.